The molecule has 1 fully saturated rings. The van der Waals surface area contributed by atoms with Gasteiger partial charge in [-0.05, 0) is 31.5 Å². The standard InChI is InChI=1S/C12H17ClN2.ClH/c1-9-8-14-6-7-15(9)12-5-3-4-11(13)10(12)2;/h3-5,9,14H,6-8H2,1-2H3;1H/t9-;/m1./s1. The maximum atomic E-state index is 6.14. The second-order valence-corrected chi connectivity index (χ2v) is 4.54. The number of anilines is 1. The van der Waals surface area contributed by atoms with Gasteiger partial charge in [0, 0.05) is 36.4 Å². The fraction of sp³-hybridized carbons (Fsp3) is 0.500. The fourth-order valence-corrected chi connectivity index (χ4v) is 2.28. The van der Waals surface area contributed by atoms with E-state index in [2.05, 4.69) is 30.1 Å². The lowest BCUT2D eigenvalue weighted by atomic mass is 10.1. The van der Waals surface area contributed by atoms with E-state index in [4.69, 9.17) is 11.6 Å². The molecule has 1 N–H and O–H groups in total. The van der Waals surface area contributed by atoms with Crippen LogP contribution in [0.3, 0.4) is 0 Å². The summed E-state index contributed by atoms with van der Waals surface area (Å²) in [4.78, 5) is 2.43. The molecule has 4 heteroatoms. The summed E-state index contributed by atoms with van der Waals surface area (Å²) in [5, 5.41) is 4.25. The van der Waals surface area contributed by atoms with Gasteiger partial charge in [-0.15, -0.1) is 12.4 Å². The Morgan fingerprint density at radius 2 is 2.19 bits per heavy atom. The van der Waals surface area contributed by atoms with Crippen molar-refractivity contribution in [3.63, 3.8) is 0 Å². The summed E-state index contributed by atoms with van der Waals surface area (Å²) in [5.41, 5.74) is 2.46. The van der Waals surface area contributed by atoms with Gasteiger partial charge >= 0.3 is 0 Å². The lowest BCUT2D eigenvalue weighted by molar-refractivity contribution is 0.500. The van der Waals surface area contributed by atoms with E-state index < -0.39 is 0 Å². The number of hydrogen-bond acceptors (Lipinski definition) is 2. The normalized spacial score (nSPS) is 20.4. The number of rotatable bonds is 1. The molecule has 90 valence electrons. The van der Waals surface area contributed by atoms with Gasteiger partial charge in [0.05, 0.1) is 0 Å². The first kappa shape index (κ1) is 13.6. The molecule has 0 amide bonds. The minimum absolute atomic E-state index is 0. The lowest BCUT2D eigenvalue weighted by Gasteiger charge is -2.37. The molecule has 1 aliphatic rings. The molecule has 1 saturated heterocycles. The SMILES string of the molecule is Cc1c(Cl)cccc1N1CCNC[C@H]1C.Cl. The molecule has 0 spiro atoms. The van der Waals surface area contributed by atoms with Crippen LogP contribution in [0.2, 0.25) is 5.02 Å². The molecule has 0 radical (unpaired) electrons. The predicted molar refractivity (Wildman–Crippen MR) is 73.1 cm³/mol. The largest absolute Gasteiger partial charge is 0.366 e. The van der Waals surface area contributed by atoms with Gasteiger partial charge in [0.25, 0.3) is 0 Å². The van der Waals surface area contributed by atoms with Gasteiger partial charge in [-0.3, -0.25) is 0 Å². The van der Waals surface area contributed by atoms with Crippen LogP contribution in [0.4, 0.5) is 5.69 Å². The average molecular weight is 261 g/mol. The van der Waals surface area contributed by atoms with Crippen molar-refractivity contribution in [2.75, 3.05) is 24.5 Å². The Morgan fingerprint density at radius 3 is 2.88 bits per heavy atom. The van der Waals surface area contributed by atoms with Gasteiger partial charge in [0.15, 0.2) is 0 Å². The number of nitrogens with zero attached hydrogens (tertiary/aromatic N) is 1. The van der Waals surface area contributed by atoms with Gasteiger partial charge in [-0.2, -0.15) is 0 Å². The van der Waals surface area contributed by atoms with E-state index in [9.17, 15) is 0 Å². The Kier molecular flexibility index (Phi) is 4.90. The maximum Gasteiger partial charge on any atom is 0.0455 e. The summed E-state index contributed by atoms with van der Waals surface area (Å²) in [6.07, 6.45) is 0. The van der Waals surface area contributed by atoms with E-state index >= 15 is 0 Å². The summed E-state index contributed by atoms with van der Waals surface area (Å²) in [6, 6.07) is 6.67. The molecule has 1 aliphatic heterocycles. The van der Waals surface area contributed by atoms with Crippen LogP contribution in [-0.4, -0.2) is 25.7 Å². The highest BCUT2D eigenvalue weighted by Gasteiger charge is 2.19. The van der Waals surface area contributed by atoms with E-state index in [0.717, 1.165) is 24.7 Å². The molecule has 0 bridgehead atoms. The number of halogens is 2. The topological polar surface area (TPSA) is 15.3 Å². The molecule has 1 atom stereocenters. The number of benzene rings is 1. The van der Waals surface area contributed by atoms with Crippen molar-refractivity contribution in [3.8, 4) is 0 Å². The number of hydrogen-bond donors (Lipinski definition) is 1. The Hall–Kier alpha value is -0.440. The molecule has 1 aromatic carbocycles. The van der Waals surface area contributed by atoms with Crippen molar-refractivity contribution < 1.29 is 0 Å². The van der Waals surface area contributed by atoms with Crippen molar-refractivity contribution in [3.05, 3.63) is 28.8 Å². The van der Waals surface area contributed by atoms with Crippen LogP contribution < -0.4 is 10.2 Å². The van der Waals surface area contributed by atoms with Gasteiger partial charge < -0.3 is 10.2 Å². The van der Waals surface area contributed by atoms with E-state index in [1.165, 1.54) is 11.3 Å². The molecule has 0 unspecified atom stereocenters. The smallest absolute Gasteiger partial charge is 0.0455 e. The van der Waals surface area contributed by atoms with E-state index in [1.807, 2.05) is 12.1 Å². The molecule has 1 aromatic rings. The van der Waals surface area contributed by atoms with Gasteiger partial charge in [0.2, 0.25) is 0 Å². The van der Waals surface area contributed by atoms with Crippen molar-refractivity contribution >= 4 is 29.7 Å². The highest BCUT2D eigenvalue weighted by atomic mass is 35.5. The van der Waals surface area contributed by atoms with Gasteiger partial charge in [-0.1, -0.05) is 17.7 Å². The van der Waals surface area contributed by atoms with Crippen LogP contribution in [0.5, 0.6) is 0 Å². The first-order valence-corrected chi connectivity index (χ1v) is 5.80. The second-order valence-electron chi connectivity index (χ2n) is 4.13. The van der Waals surface area contributed by atoms with Crippen LogP contribution in [0.25, 0.3) is 0 Å². The predicted octanol–water partition coefficient (Wildman–Crippen LogP) is 2.87. The molecular weight excluding hydrogens is 243 g/mol. The zero-order chi connectivity index (χ0) is 10.8. The summed E-state index contributed by atoms with van der Waals surface area (Å²) in [6.45, 7) is 7.49. The van der Waals surface area contributed by atoms with Crippen LogP contribution in [-0.2, 0) is 0 Å². The van der Waals surface area contributed by atoms with Gasteiger partial charge in [-0.25, -0.2) is 0 Å². The van der Waals surface area contributed by atoms with Crippen molar-refractivity contribution in [1.82, 2.24) is 5.32 Å². The number of piperazine rings is 1. The fourth-order valence-electron chi connectivity index (χ4n) is 2.11. The Morgan fingerprint density at radius 1 is 1.44 bits per heavy atom. The summed E-state index contributed by atoms with van der Waals surface area (Å²) >= 11 is 6.14. The molecule has 0 aliphatic carbocycles. The Bertz CT molecular complexity index is 355. The highest BCUT2D eigenvalue weighted by molar-refractivity contribution is 6.31. The quantitative estimate of drug-likeness (QED) is 0.836. The monoisotopic (exact) mass is 260 g/mol. The summed E-state index contributed by atoms with van der Waals surface area (Å²) in [5.74, 6) is 0. The Labute approximate surface area is 108 Å². The van der Waals surface area contributed by atoms with Gasteiger partial charge in [0.1, 0.15) is 0 Å². The highest BCUT2D eigenvalue weighted by Crippen LogP contribution is 2.28. The van der Waals surface area contributed by atoms with Crippen molar-refractivity contribution in [1.29, 1.82) is 0 Å². The van der Waals surface area contributed by atoms with E-state index in [0.29, 0.717) is 6.04 Å². The molecule has 2 rings (SSSR count). The minimum atomic E-state index is 0. The zero-order valence-corrected chi connectivity index (χ0v) is 11.2. The van der Waals surface area contributed by atoms with E-state index in [-0.39, 0.29) is 12.4 Å². The molecular formula is C12H18Cl2N2. The zero-order valence-electron chi connectivity index (χ0n) is 9.66. The summed E-state index contributed by atoms with van der Waals surface area (Å²) in [7, 11) is 0. The lowest BCUT2D eigenvalue weighted by Crippen LogP contribution is -2.50. The van der Waals surface area contributed by atoms with Crippen molar-refractivity contribution in [2.24, 2.45) is 0 Å². The minimum Gasteiger partial charge on any atom is -0.366 e. The third kappa shape index (κ3) is 2.62. The summed E-state index contributed by atoms with van der Waals surface area (Å²) < 4.78 is 0. The Balaban J connectivity index is 0.00000128. The van der Waals surface area contributed by atoms with Crippen molar-refractivity contribution in [2.45, 2.75) is 19.9 Å². The first-order chi connectivity index (χ1) is 7.20. The number of nitrogens with one attached hydrogen (secondary N) is 1. The average Bonchev–Trinajstić information content (AvgIpc) is 2.23. The first-order valence-electron chi connectivity index (χ1n) is 5.42. The second kappa shape index (κ2) is 5.76. The van der Waals surface area contributed by atoms with Crippen LogP contribution in [0.1, 0.15) is 12.5 Å². The third-order valence-electron chi connectivity index (χ3n) is 3.05. The molecule has 0 saturated carbocycles. The van der Waals surface area contributed by atoms with Crippen LogP contribution >= 0.6 is 24.0 Å². The molecule has 16 heavy (non-hydrogen) atoms. The molecule has 0 aromatic heterocycles. The molecule has 2 nitrogen and oxygen atoms in total. The van der Waals surface area contributed by atoms with Crippen LogP contribution in [0, 0.1) is 6.92 Å². The molecule has 1 heterocycles. The maximum absolute atomic E-state index is 6.14. The third-order valence-corrected chi connectivity index (χ3v) is 3.46. The van der Waals surface area contributed by atoms with Crippen LogP contribution in [0.15, 0.2) is 18.2 Å². The van der Waals surface area contributed by atoms with E-state index in [1.54, 1.807) is 0 Å².